The van der Waals surface area contributed by atoms with Crippen molar-refractivity contribution in [3.8, 4) is 0 Å². The number of nitrogens with one attached hydrogen (secondary N) is 1. The van der Waals surface area contributed by atoms with Gasteiger partial charge in [-0.3, -0.25) is 0 Å². The molecule has 1 rings (SSSR count). The molecule has 0 unspecified atom stereocenters. The summed E-state index contributed by atoms with van der Waals surface area (Å²) in [6.07, 6.45) is 0. The van der Waals surface area contributed by atoms with E-state index < -0.39 is 12.0 Å². The maximum absolute atomic E-state index is 10.5. The summed E-state index contributed by atoms with van der Waals surface area (Å²) >= 11 is 5.68. The van der Waals surface area contributed by atoms with Gasteiger partial charge in [0.25, 0.3) is 0 Å². The molecule has 0 saturated heterocycles. The number of carboxylic acid groups (broad SMARTS) is 1. The van der Waals surface area contributed by atoms with E-state index in [1.54, 1.807) is 0 Å². The average Bonchev–Trinajstić information content (AvgIpc) is 2.07. The second kappa shape index (κ2) is 3.97. The Hall–Kier alpha value is -1.75. The Morgan fingerprint density at radius 2 is 2.07 bits per heavy atom. The highest BCUT2D eigenvalue weighted by Gasteiger charge is 2.07. The van der Waals surface area contributed by atoms with Crippen LogP contribution in [0, 0.1) is 0 Å². The molecule has 0 atom stereocenters. The summed E-state index contributed by atoms with van der Waals surface area (Å²) in [6.45, 7) is 0. The Kier molecular flexibility index (Phi) is 2.93. The minimum Gasteiger partial charge on any atom is -0.478 e. The second-order valence-electron chi connectivity index (χ2n) is 2.49. The molecule has 5 nitrogen and oxygen atoms in total. The van der Waals surface area contributed by atoms with Crippen LogP contribution in [0.15, 0.2) is 18.2 Å². The van der Waals surface area contributed by atoms with E-state index in [0.29, 0.717) is 0 Å². The van der Waals surface area contributed by atoms with Gasteiger partial charge >= 0.3 is 12.0 Å². The standard InChI is InChI=1S/C8H7ClN2O3/c9-5-3-4(7(12)13)1-2-6(5)11-8(10)14/h1-3H,(H,12,13)(H3,10,11,14). The fraction of sp³-hybridized carbons (Fsp3) is 0. The van der Waals surface area contributed by atoms with E-state index in [4.69, 9.17) is 22.4 Å². The van der Waals surface area contributed by atoms with Gasteiger partial charge in [-0.25, -0.2) is 9.59 Å². The molecular formula is C8H7ClN2O3. The molecule has 0 aliphatic rings. The van der Waals surface area contributed by atoms with Crippen molar-refractivity contribution in [3.05, 3.63) is 28.8 Å². The predicted molar refractivity (Wildman–Crippen MR) is 51.6 cm³/mol. The van der Waals surface area contributed by atoms with Crippen molar-refractivity contribution in [2.75, 3.05) is 5.32 Å². The maximum Gasteiger partial charge on any atom is 0.335 e. The van der Waals surface area contributed by atoms with Gasteiger partial charge in [0.2, 0.25) is 0 Å². The highest BCUT2D eigenvalue weighted by Crippen LogP contribution is 2.22. The molecule has 0 bridgehead atoms. The number of primary amides is 1. The van der Waals surface area contributed by atoms with Crippen molar-refractivity contribution >= 4 is 29.3 Å². The lowest BCUT2D eigenvalue weighted by molar-refractivity contribution is 0.0697. The lowest BCUT2D eigenvalue weighted by Crippen LogP contribution is -2.19. The zero-order valence-corrected chi connectivity index (χ0v) is 7.71. The number of amides is 2. The van der Waals surface area contributed by atoms with Crippen LogP contribution in [-0.4, -0.2) is 17.1 Å². The van der Waals surface area contributed by atoms with Crippen LogP contribution in [0.25, 0.3) is 0 Å². The van der Waals surface area contributed by atoms with Crippen LogP contribution in [0.5, 0.6) is 0 Å². The van der Waals surface area contributed by atoms with Crippen LogP contribution >= 0.6 is 11.6 Å². The summed E-state index contributed by atoms with van der Waals surface area (Å²) in [7, 11) is 0. The molecule has 0 aliphatic carbocycles. The van der Waals surface area contributed by atoms with E-state index >= 15 is 0 Å². The van der Waals surface area contributed by atoms with Gasteiger partial charge in [-0.1, -0.05) is 11.6 Å². The van der Waals surface area contributed by atoms with Crippen molar-refractivity contribution in [2.45, 2.75) is 0 Å². The predicted octanol–water partition coefficient (Wildman–Crippen LogP) is 1.53. The molecule has 1 aromatic rings. The van der Waals surface area contributed by atoms with Crippen molar-refractivity contribution in [2.24, 2.45) is 5.73 Å². The van der Waals surface area contributed by atoms with Gasteiger partial charge in [0, 0.05) is 0 Å². The number of aromatic carboxylic acids is 1. The molecule has 2 amide bonds. The van der Waals surface area contributed by atoms with Gasteiger partial charge < -0.3 is 16.2 Å². The van der Waals surface area contributed by atoms with Gasteiger partial charge in [0.05, 0.1) is 16.3 Å². The van der Waals surface area contributed by atoms with Gasteiger partial charge in [0.1, 0.15) is 0 Å². The van der Waals surface area contributed by atoms with Gasteiger partial charge in [-0.2, -0.15) is 0 Å². The number of carbonyl (C=O) groups is 2. The maximum atomic E-state index is 10.5. The molecule has 0 aromatic heterocycles. The zero-order chi connectivity index (χ0) is 10.7. The molecule has 6 heteroatoms. The SMILES string of the molecule is NC(=O)Nc1ccc(C(=O)O)cc1Cl. The van der Waals surface area contributed by atoms with Crippen molar-refractivity contribution in [1.29, 1.82) is 0 Å². The summed E-state index contributed by atoms with van der Waals surface area (Å²) in [5, 5.41) is 11.0. The highest BCUT2D eigenvalue weighted by atomic mass is 35.5. The molecule has 0 heterocycles. The lowest BCUT2D eigenvalue weighted by atomic mass is 10.2. The van der Waals surface area contributed by atoms with Crippen molar-refractivity contribution in [3.63, 3.8) is 0 Å². The number of carboxylic acids is 1. The topological polar surface area (TPSA) is 92.4 Å². The minimum absolute atomic E-state index is 0.0463. The molecular weight excluding hydrogens is 208 g/mol. The van der Waals surface area contributed by atoms with Gasteiger partial charge in [-0.05, 0) is 18.2 Å². The molecule has 1 aromatic carbocycles. The normalized spacial score (nSPS) is 9.50. The molecule has 0 radical (unpaired) electrons. The number of rotatable bonds is 2. The van der Waals surface area contributed by atoms with E-state index in [1.807, 2.05) is 0 Å². The van der Waals surface area contributed by atoms with E-state index in [0.717, 1.165) is 0 Å². The Morgan fingerprint density at radius 3 is 2.50 bits per heavy atom. The molecule has 74 valence electrons. The van der Waals surface area contributed by atoms with Gasteiger partial charge in [0.15, 0.2) is 0 Å². The molecule has 4 N–H and O–H groups in total. The van der Waals surface area contributed by atoms with E-state index in [9.17, 15) is 9.59 Å². The Balaban J connectivity index is 3.01. The average molecular weight is 215 g/mol. The third-order valence-corrected chi connectivity index (χ3v) is 1.79. The third kappa shape index (κ3) is 2.37. The zero-order valence-electron chi connectivity index (χ0n) is 6.95. The monoisotopic (exact) mass is 214 g/mol. The number of anilines is 1. The van der Waals surface area contributed by atoms with Crippen LogP contribution in [0.2, 0.25) is 5.02 Å². The number of hydrogen-bond donors (Lipinski definition) is 3. The third-order valence-electron chi connectivity index (χ3n) is 1.47. The van der Waals surface area contributed by atoms with Crippen LogP contribution in [0.3, 0.4) is 0 Å². The summed E-state index contributed by atoms with van der Waals surface area (Å²) in [5.41, 5.74) is 5.19. The first-order valence-corrected chi connectivity index (χ1v) is 3.98. The first kappa shape index (κ1) is 10.3. The van der Waals surface area contributed by atoms with E-state index in [-0.39, 0.29) is 16.3 Å². The summed E-state index contributed by atoms with van der Waals surface area (Å²) in [6, 6.07) is 3.17. The quantitative estimate of drug-likeness (QED) is 0.697. The summed E-state index contributed by atoms with van der Waals surface area (Å²) in [5.74, 6) is -1.09. The molecule has 0 fully saturated rings. The first-order valence-electron chi connectivity index (χ1n) is 3.60. The number of benzene rings is 1. The second-order valence-corrected chi connectivity index (χ2v) is 2.90. The molecule has 14 heavy (non-hydrogen) atoms. The van der Waals surface area contributed by atoms with Crippen LogP contribution in [0.1, 0.15) is 10.4 Å². The van der Waals surface area contributed by atoms with Crippen molar-refractivity contribution < 1.29 is 14.7 Å². The number of urea groups is 1. The molecule has 0 spiro atoms. The number of nitrogens with two attached hydrogens (primary N) is 1. The van der Waals surface area contributed by atoms with E-state index in [1.165, 1.54) is 18.2 Å². The van der Waals surface area contributed by atoms with Crippen LogP contribution in [0.4, 0.5) is 10.5 Å². The summed E-state index contributed by atoms with van der Waals surface area (Å²) in [4.78, 5) is 21.0. The van der Waals surface area contributed by atoms with Crippen LogP contribution in [-0.2, 0) is 0 Å². The Morgan fingerprint density at radius 1 is 1.43 bits per heavy atom. The summed E-state index contributed by atoms with van der Waals surface area (Å²) < 4.78 is 0. The fourth-order valence-corrected chi connectivity index (χ4v) is 1.11. The van der Waals surface area contributed by atoms with E-state index in [2.05, 4.69) is 5.32 Å². The largest absolute Gasteiger partial charge is 0.478 e. The lowest BCUT2D eigenvalue weighted by Gasteiger charge is -2.04. The minimum atomic E-state index is -1.09. The smallest absolute Gasteiger partial charge is 0.335 e. The number of hydrogen-bond acceptors (Lipinski definition) is 2. The Labute approximate surface area is 84.5 Å². The molecule has 0 aliphatic heterocycles. The Bertz CT molecular complexity index is 392. The number of carbonyl (C=O) groups excluding carboxylic acids is 1. The van der Waals surface area contributed by atoms with Crippen molar-refractivity contribution in [1.82, 2.24) is 0 Å². The highest BCUT2D eigenvalue weighted by molar-refractivity contribution is 6.34. The number of halogens is 1. The first-order chi connectivity index (χ1) is 6.50. The fourth-order valence-electron chi connectivity index (χ4n) is 0.882. The van der Waals surface area contributed by atoms with Gasteiger partial charge in [-0.15, -0.1) is 0 Å². The molecule has 0 saturated carbocycles. The van der Waals surface area contributed by atoms with Crippen LogP contribution < -0.4 is 11.1 Å².